The molecule has 0 radical (unpaired) electrons. The summed E-state index contributed by atoms with van der Waals surface area (Å²) in [6, 6.07) is 8.92. The normalized spacial score (nSPS) is 31.2. The van der Waals surface area contributed by atoms with Gasteiger partial charge in [0.15, 0.2) is 0 Å². The number of rotatable bonds is 4. The maximum absolute atomic E-state index is 10.8. The van der Waals surface area contributed by atoms with Gasteiger partial charge in [-0.15, -0.1) is 0 Å². The van der Waals surface area contributed by atoms with Crippen LogP contribution in [-0.4, -0.2) is 41.8 Å². The molecule has 0 amide bonds. The van der Waals surface area contributed by atoms with E-state index >= 15 is 0 Å². The highest BCUT2D eigenvalue weighted by atomic mass is 127. The Morgan fingerprint density at radius 2 is 2.13 bits per heavy atom. The van der Waals surface area contributed by atoms with Crippen molar-refractivity contribution in [3.05, 3.63) is 51.2 Å². The highest BCUT2D eigenvalue weighted by Gasteiger charge is 2.54. The summed E-state index contributed by atoms with van der Waals surface area (Å²) in [7, 11) is 3.69. The fraction of sp³-hybridized carbons (Fsp3) is 0.444. The number of likely N-dealkylation sites (N-methyl/N-ethyl adjacent to an activating group) is 1. The summed E-state index contributed by atoms with van der Waals surface area (Å²) < 4.78 is 1.23. The predicted molar refractivity (Wildman–Crippen MR) is 101 cm³/mol. The highest BCUT2D eigenvalue weighted by Crippen LogP contribution is 2.47. The van der Waals surface area contributed by atoms with E-state index in [0.29, 0.717) is 6.04 Å². The average Bonchev–Trinajstić information content (AvgIpc) is 2.69. The smallest absolute Gasteiger partial charge is 0.108 e. The molecule has 0 saturated carbocycles. The van der Waals surface area contributed by atoms with Crippen molar-refractivity contribution in [2.24, 2.45) is 0 Å². The van der Waals surface area contributed by atoms with Gasteiger partial charge in [0, 0.05) is 9.61 Å². The van der Waals surface area contributed by atoms with Gasteiger partial charge in [0.05, 0.1) is 18.9 Å². The summed E-state index contributed by atoms with van der Waals surface area (Å²) in [5.41, 5.74) is 5.84. The molecule has 1 saturated heterocycles. The van der Waals surface area contributed by atoms with Crippen molar-refractivity contribution < 1.29 is 9.94 Å². The van der Waals surface area contributed by atoms with Crippen molar-refractivity contribution in [2.45, 2.75) is 37.5 Å². The number of hydroxylamine groups is 1. The van der Waals surface area contributed by atoms with E-state index in [1.54, 1.807) is 7.11 Å². The van der Waals surface area contributed by atoms with Crippen molar-refractivity contribution in [3.8, 4) is 0 Å². The van der Waals surface area contributed by atoms with Crippen molar-refractivity contribution in [2.75, 3.05) is 14.2 Å². The number of fused-ring (bicyclic) bond motifs is 2. The van der Waals surface area contributed by atoms with Crippen LogP contribution in [0.25, 0.3) is 5.57 Å². The molecule has 124 valence electrons. The molecular formula is C18H23IN2O2. The number of nitrogens with one attached hydrogen (secondary N) is 1. The number of hydrogen-bond donors (Lipinski definition) is 2. The van der Waals surface area contributed by atoms with E-state index in [9.17, 15) is 5.11 Å². The van der Waals surface area contributed by atoms with Crippen LogP contribution in [0.5, 0.6) is 0 Å². The van der Waals surface area contributed by atoms with Gasteiger partial charge in [-0.25, -0.2) is 0 Å². The van der Waals surface area contributed by atoms with E-state index < -0.39 is 11.6 Å². The van der Waals surface area contributed by atoms with E-state index in [2.05, 4.69) is 70.4 Å². The molecule has 2 N–H and O–H groups in total. The lowest BCUT2D eigenvalue weighted by Gasteiger charge is -2.43. The number of halogens is 1. The molecular weight excluding hydrogens is 403 g/mol. The minimum Gasteiger partial charge on any atom is -0.390 e. The van der Waals surface area contributed by atoms with E-state index in [-0.39, 0.29) is 0 Å². The Bertz CT molecular complexity index is 641. The van der Waals surface area contributed by atoms with Crippen LogP contribution in [0.15, 0.2) is 42.1 Å². The standard InChI is InChI=1S/C18H23IN2O2/c1-4-16(20-23-3)18-11-13(12-5-7-14(19)8-6-12)9-15(21(18)2)10-17(18)22/h4-8,11,15,17,20,22H,9-10H2,1-3H3/t15?,17?,18-/m0/s1. The summed E-state index contributed by atoms with van der Waals surface area (Å²) in [5.74, 6) is 0. The quantitative estimate of drug-likeness (QED) is 0.574. The zero-order valence-corrected chi connectivity index (χ0v) is 15.9. The Kier molecular flexibility index (Phi) is 4.83. The van der Waals surface area contributed by atoms with Gasteiger partial charge in [0.1, 0.15) is 5.54 Å². The second-order valence-electron chi connectivity index (χ2n) is 6.23. The van der Waals surface area contributed by atoms with Gasteiger partial charge in [-0.2, -0.15) is 0 Å². The number of aliphatic hydroxyl groups excluding tert-OH is 1. The summed E-state index contributed by atoms with van der Waals surface area (Å²) >= 11 is 2.32. The Labute approximate surface area is 151 Å². The third-order valence-corrected chi connectivity index (χ3v) is 5.85. The van der Waals surface area contributed by atoms with Gasteiger partial charge in [-0.1, -0.05) is 24.3 Å². The van der Waals surface area contributed by atoms with E-state index in [1.807, 2.05) is 13.0 Å². The van der Waals surface area contributed by atoms with Gasteiger partial charge in [-0.05, 0) is 72.7 Å². The predicted octanol–water partition coefficient (Wildman–Crippen LogP) is 2.94. The second-order valence-corrected chi connectivity index (χ2v) is 7.48. The summed E-state index contributed by atoms with van der Waals surface area (Å²) in [6.45, 7) is 1.97. The lowest BCUT2D eigenvalue weighted by Crippen LogP contribution is -2.55. The molecule has 1 fully saturated rings. The molecule has 2 aliphatic heterocycles. The molecule has 3 rings (SSSR count). The number of nitrogens with zero attached hydrogens (tertiary/aromatic N) is 1. The van der Waals surface area contributed by atoms with Gasteiger partial charge >= 0.3 is 0 Å². The molecule has 2 aliphatic rings. The molecule has 4 nitrogen and oxygen atoms in total. The Morgan fingerprint density at radius 1 is 1.43 bits per heavy atom. The molecule has 0 aromatic heterocycles. The Balaban J connectivity index is 2.09. The first-order valence-corrected chi connectivity index (χ1v) is 8.95. The molecule has 23 heavy (non-hydrogen) atoms. The summed E-state index contributed by atoms with van der Waals surface area (Å²) in [4.78, 5) is 7.43. The molecule has 1 aromatic carbocycles. The van der Waals surface area contributed by atoms with E-state index in [1.165, 1.54) is 14.7 Å². The SMILES string of the molecule is CC=C(NOC)[C@@]12C=C(c3ccc(I)cc3)CC(CC1O)N2C. The third kappa shape index (κ3) is 2.73. The molecule has 1 aromatic rings. The maximum atomic E-state index is 10.8. The number of allylic oxidation sites excluding steroid dienone is 1. The van der Waals surface area contributed by atoms with Crippen LogP contribution < -0.4 is 5.48 Å². The molecule has 0 spiro atoms. The Hall–Kier alpha value is -0.890. The van der Waals surface area contributed by atoms with Crippen LogP contribution >= 0.6 is 22.6 Å². The lowest BCUT2D eigenvalue weighted by atomic mass is 9.84. The first-order chi connectivity index (χ1) is 11.0. The molecule has 2 unspecified atom stereocenters. The maximum Gasteiger partial charge on any atom is 0.108 e. The van der Waals surface area contributed by atoms with Gasteiger partial charge in [0.2, 0.25) is 0 Å². The first-order valence-electron chi connectivity index (χ1n) is 7.87. The minimum atomic E-state index is -0.550. The van der Waals surface area contributed by atoms with Crippen molar-refractivity contribution >= 4 is 28.2 Å². The first kappa shape index (κ1) is 17.0. The fourth-order valence-electron chi connectivity index (χ4n) is 3.92. The average molecular weight is 426 g/mol. The van der Waals surface area contributed by atoms with Crippen LogP contribution in [0.3, 0.4) is 0 Å². The van der Waals surface area contributed by atoms with Crippen LogP contribution in [0, 0.1) is 3.57 Å². The van der Waals surface area contributed by atoms with E-state index in [4.69, 9.17) is 4.84 Å². The fourth-order valence-corrected chi connectivity index (χ4v) is 4.28. The van der Waals surface area contributed by atoms with Crippen LogP contribution in [0.1, 0.15) is 25.3 Å². The molecule has 3 atom stereocenters. The number of hydrogen-bond acceptors (Lipinski definition) is 4. The zero-order chi connectivity index (χ0) is 16.6. The van der Waals surface area contributed by atoms with Crippen molar-refractivity contribution in [1.29, 1.82) is 0 Å². The topological polar surface area (TPSA) is 44.7 Å². The van der Waals surface area contributed by atoms with Crippen LogP contribution in [0.4, 0.5) is 0 Å². The summed E-state index contributed by atoms with van der Waals surface area (Å²) in [6.07, 6.45) is 5.47. The largest absolute Gasteiger partial charge is 0.390 e. The van der Waals surface area contributed by atoms with Crippen molar-refractivity contribution in [3.63, 3.8) is 0 Å². The monoisotopic (exact) mass is 426 g/mol. The third-order valence-electron chi connectivity index (χ3n) is 5.13. The summed E-state index contributed by atoms with van der Waals surface area (Å²) in [5, 5.41) is 10.8. The lowest BCUT2D eigenvalue weighted by molar-refractivity contribution is 0.0454. The van der Waals surface area contributed by atoms with E-state index in [0.717, 1.165) is 18.5 Å². The van der Waals surface area contributed by atoms with Crippen LogP contribution in [0.2, 0.25) is 0 Å². The second kappa shape index (κ2) is 6.55. The van der Waals surface area contributed by atoms with Gasteiger partial charge < -0.3 is 5.11 Å². The molecule has 2 heterocycles. The number of aliphatic hydroxyl groups is 1. The van der Waals surface area contributed by atoms with Crippen molar-refractivity contribution in [1.82, 2.24) is 10.4 Å². The highest BCUT2D eigenvalue weighted by molar-refractivity contribution is 14.1. The Morgan fingerprint density at radius 3 is 2.74 bits per heavy atom. The minimum absolute atomic E-state index is 0.331. The molecule has 5 heteroatoms. The number of benzene rings is 1. The van der Waals surface area contributed by atoms with Crippen LogP contribution in [-0.2, 0) is 4.84 Å². The molecule has 0 aliphatic carbocycles. The molecule has 2 bridgehead atoms. The zero-order valence-electron chi connectivity index (χ0n) is 13.7. The van der Waals surface area contributed by atoms with Gasteiger partial charge in [0.25, 0.3) is 0 Å². The van der Waals surface area contributed by atoms with Gasteiger partial charge in [-0.3, -0.25) is 15.2 Å².